The lowest BCUT2D eigenvalue weighted by Gasteiger charge is -2.01. The molecule has 2 rings (SSSR count). The fraction of sp³-hybridized carbons (Fsp3) is 0. The highest BCUT2D eigenvalue weighted by Gasteiger charge is 2.16. The summed E-state index contributed by atoms with van der Waals surface area (Å²) in [7, 11) is 0. The van der Waals surface area contributed by atoms with Gasteiger partial charge in [-0.15, -0.1) is 11.3 Å². The SMILES string of the molecule is O=C(c1nccs1)c1cccc(Cl)c1Cl. The highest BCUT2D eigenvalue weighted by Crippen LogP contribution is 2.27. The fourth-order valence-electron chi connectivity index (χ4n) is 1.13. The van der Waals surface area contributed by atoms with Crippen LogP contribution >= 0.6 is 34.5 Å². The zero-order valence-corrected chi connectivity index (χ0v) is 9.73. The standard InChI is InChI=1S/C10H5Cl2NOS/c11-7-3-1-2-6(8(7)12)9(14)10-13-4-5-15-10/h1-5H. The van der Waals surface area contributed by atoms with Crippen molar-refractivity contribution in [1.29, 1.82) is 0 Å². The minimum atomic E-state index is -0.197. The second kappa shape index (κ2) is 4.31. The first-order valence-electron chi connectivity index (χ1n) is 4.08. The first-order chi connectivity index (χ1) is 7.20. The highest BCUT2D eigenvalue weighted by atomic mass is 35.5. The van der Waals surface area contributed by atoms with Crippen molar-refractivity contribution < 1.29 is 4.79 Å². The minimum absolute atomic E-state index is 0.197. The van der Waals surface area contributed by atoms with E-state index < -0.39 is 0 Å². The second-order valence-corrected chi connectivity index (χ2v) is 4.45. The molecule has 0 aliphatic carbocycles. The molecule has 0 spiro atoms. The average Bonchev–Trinajstić information content (AvgIpc) is 2.74. The molecule has 0 aliphatic heterocycles. The molecule has 0 radical (unpaired) electrons. The Kier molecular flexibility index (Phi) is 3.05. The molecule has 0 atom stereocenters. The number of hydrogen-bond donors (Lipinski definition) is 0. The molecule has 0 fully saturated rings. The van der Waals surface area contributed by atoms with Gasteiger partial charge in [-0.05, 0) is 12.1 Å². The van der Waals surface area contributed by atoms with Crippen LogP contribution in [0.15, 0.2) is 29.8 Å². The highest BCUT2D eigenvalue weighted by molar-refractivity contribution is 7.11. The number of carbonyl (C=O) groups excluding carboxylic acids is 1. The number of hydrogen-bond acceptors (Lipinski definition) is 3. The van der Waals surface area contributed by atoms with Crippen LogP contribution in [0.25, 0.3) is 0 Å². The van der Waals surface area contributed by atoms with Crippen LogP contribution in [0.3, 0.4) is 0 Å². The van der Waals surface area contributed by atoms with Gasteiger partial charge in [0.25, 0.3) is 0 Å². The second-order valence-electron chi connectivity index (χ2n) is 2.77. The maximum atomic E-state index is 11.9. The van der Waals surface area contributed by atoms with Crippen LogP contribution in [0.1, 0.15) is 15.4 Å². The van der Waals surface area contributed by atoms with E-state index in [-0.39, 0.29) is 10.8 Å². The topological polar surface area (TPSA) is 30.0 Å². The summed E-state index contributed by atoms with van der Waals surface area (Å²) in [5, 5.41) is 2.81. The number of ketones is 1. The molecule has 0 aliphatic rings. The van der Waals surface area contributed by atoms with Crippen molar-refractivity contribution >= 4 is 40.3 Å². The van der Waals surface area contributed by atoms with Gasteiger partial charge in [0.2, 0.25) is 5.78 Å². The van der Waals surface area contributed by atoms with Gasteiger partial charge in [0.15, 0.2) is 5.01 Å². The predicted molar refractivity (Wildman–Crippen MR) is 62.0 cm³/mol. The number of rotatable bonds is 2. The monoisotopic (exact) mass is 257 g/mol. The third-order valence-corrected chi connectivity index (χ3v) is 3.41. The Morgan fingerprint density at radius 1 is 1.33 bits per heavy atom. The van der Waals surface area contributed by atoms with Gasteiger partial charge in [-0.1, -0.05) is 29.3 Å². The first-order valence-corrected chi connectivity index (χ1v) is 5.72. The molecule has 0 saturated carbocycles. The molecule has 15 heavy (non-hydrogen) atoms. The van der Waals surface area contributed by atoms with E-state index in [1.807, 2.05) is 0 Å². The van der Waals surface area contributed by atoms with Crippen molar-refractivity contribution in [1.82, 2.24) is 4.98 Å². The summed E-state index contributed by atoms with van der Waals surface area (Å²) in [6, 6.07) is 4.97. The molecule has 0 bridgehead atoms. The maximum absolute atomic E-state index is 11.9. The zero-order chi connectivity index (χ0) is 10.8. The van der Waals surface area contributed by atoms with E-state index in [0.717, 1.165) is 0 Å². The number of benzene rings is 1. The van der Waals surface area contributed by atoms with E-state index in [4.69, 9.17) is 23.2 Å². The van der Waals surface area contributed by atoms with Crippen molar-refractivity contribution in [2.75, 3.05) is 0 Å². The first kappa shape index (κ1) is 10.6. The summed E-state index contributed by atoms with van der Waals surface area (Å²) in [5.41, 5.74) is 0.388. The normalized spacial score (nSPS) is 10.3. The lowest BCUT2D eigenvalue weighted by molar-refractivity contribution is 0.103. The molecule has 0 unspecified atom stereocenters. The lowest BCUT2D eigenvalue weighted by Crippen LogP contribution is -2.01. The molecule has 5 heteroatoms. The van der Waals surface area contributed by atoms with Crippen molar-refractivity contribution in [3.8, 4) is 0 Å². The van der Waals surface area contributed by atoms with E-state index >= 15 is 0 Å². The van der Waals surface area contributed by atoms with E-state index in [1.54, 1.807) is 29.8 Å². The van der Waals surface area contributed by atoms with Crippen molar-refractivity contribution in [3.63, 3.8) is 0 Å². The van der Waals surface area contributed by atoms with E-state index in [1.165, 1.54) is 11.3 Å². The van der Waals surface area contributed by atoms with Gasteiger partial charge >= 0.3 is 0 Å². The van der Waals surface area contributed by atoms with Gasteiger partial charge in [0, 0.05) is 17.1 Å². The fourth-order valence-corrected chi connectivity index (χ4v) is 2.11. The molecule has 0 amide bonds. The summed E-state index contributed by atoms with van der Waals surface area (Å²) in [4.78, 5) is 15.8. The third kappa shape index (κ3) is 2.04. The van der Waals surface area contributed by atoms with Crippen LogP contribution < -0.4 is 0 Å². The van der Waals surface area contributed by atoms with Crippen molar-refractivity contribution in [3.05, 3.63) is 50.4 Å². The molecule has 1 aromatic heterocycles. The number of carbonyl (C=O) groups is 1. The van der Waals surface area contributed by atoms with Crippen molar-refractivity contribution in [2.24, 2.45) is 0 Å². The number of aromatic nitrogens is 1. The van der Waals surface area contributed by atoms with E-state index in [2.05, 4.69) is 4.98 Å². The number of thiazole rings is 1. The molecule has 2 nitrogen and oxygen atoms in total. The Balaban J connectivity index is 2.47. The van der Waals surface area contributed by atoms with E-state index in [0.29, 0.717) is 15.6 Å². The largest absolute Gasteiger partial charge is 0.286 e. The van der Waals surface area contributed by atoms with Gasteiger partial charge in [0.1, 0.15) is 0 Å². The third-order valence-electron chi connectivity index (χ3n) is 1.82. The van der Waals surface area contributed by atoms with E-state index in [9.17, 15) is 4.79 Å². The summed E-state index contributed by atoms with van der Waals surface area (Å²) >= 11 is 13.0. The Morgan fingerprint density at radius 3 is 2.80 bits per heavy atom. The van der Waals surface area contributed by atoms with Gasteiger partial charge in [0.05, 0.1) is 10.0 Å². The van der Waals surface area contributed by atoms with Crippen LogP contribution in [0.4, 0.5) is 0 Å². The van der Waals surface area contributed by atoms with Crippen LogP contribution in [0.2, 0.25) is 10.0 Å². The zero-order valence-electron chi connectivity index (χ0n) is 7.41. The van der Waals surface area contributed by atoms with Gasteiger partial charge in [-0.2, -0.15) is 0 Å². The Hall–Kier alpha value is -0.900. The van der Waals surface area contributed by atoms with Crippen LogP contribution in [-0.2, 0) is 0 Å². The van der Waals surface area contributed by atoms with Crippen LogP contribution in [0.5, 0.6) is 0 Å². The lowest BCUT2D eigenvalue weighted by atomic mass is 10.1. The van der Waals surface area contributed by atoms with Crippen LogP contribution in [-0.4, -0.2) is 10.8 Å². The van der Waals surface area contributed by atoms with Gasteiger partial charge in [-0.3, -0.25) is 4.79 Å². The number of nitrogens with zero attached hydrogens (tertiary/aromatic N) is 1. The maximum Gasteiger partial charge on any atom is 0.223 e. The molecule has 0 N–H and O–H groups in total. The molecule has 1 heterocycles. The van der Waals surface area contributed by atoms with Gasteiger partial charge in [-0.25, -0.2) is 4.98 Å². The Morgan fingerprint density at radius 2 is 2.13 bits per heavy atom. The smallest absolute Gasteiger partial charge is 0.223 e. The molecular formula is C10H5Cl2NOS. The molecule has 0 saturated heterocycles. The molecule has 2 aromatic rings. The molecule has 1 aromatic carbocycles. The quantitative estimate of drug-likeness (QED) is 0.769. The predicted octanol–water partition coefficient (Wildman–Crippen LogP) is 3.68. The number of halogens is 2. The summed E-state index contributed by atoms with van der Waals surface area (Å²) in [5.74, 6) is -0.197. The molecular weight excluding hydrogens is 253 g/mol. The summed E-state index contributed by atoms with van der Waals surface area (Å²) in [6.45, 7) is 0. The molecule has 76 valence electrons. The average molecular weight is 258 g/mol. The van der Waals surface area contributed by atoms with Crippen molar-refractivity contribution in [2.45, 2.75) is 0 Å². The summed E-state index contributed by atoms with van der Waals surface area (Å²) < 4.78 is 0. The Bertz CT molecular complexity index is 496. The summed E-state index contributed by atoms with van der Waals surface area (Å²) in [6.07, 6.45) is 1.58. The van der Waals surface area contributed by atoms with Crippen LogP contribution in [0, 0.1) is 0 Å². The van der Waals surface area contributed by atoms with Gasteiger partial charge < -0.3 is 0 Å². The Labute approximate surface area is 100 Å². The minimum Gasteiger partial charge on any atom is -0.286 e.